The highest BCUT2D eigenvalue weighted by molar-refractivity contribution is 8.00. The zero-order chi connectivity index (χ0) is 13.7. The molecule has 3 fully saturated rings. The molecule has 0 spiro atoms. The maximum absolute atomic E-state index is 12.7. The Morgan fingerprint density at radius 1 is 1.37 bits per heavy atom. The molecule has 1 N–H and O–H groups in total. The standard InChI is InChI=1S/C14H22N2O2S/c1-13(10-4-5-10)12(18)16(8-11(17)15-13)9-14(19-2)6-3-7-14/h10H,3-9H2,1-2H3,(H,15,17). The minimum Gasteiger partial charge on any atom is -0.340 e. The van der Waals surface area contributed by atoms with Crippen molar-refractivity contribution in [2.24, 2.45) is 5.92 Å². The number of nitrogens with one attached hydrogen (secondary N) is 1. The third-order valence-electron chi connectivity index (χ3n) is 5.04. The molecule has 4 nitrogen and oxygen atoms in total. The molecule has 1 atom stereocenters. The van der Waals surface area contributed by atoms with Crippen molar-refractivity contribution >= 4 is 23.6 Å². The Morgan fingerprint density at radius 2 is 2.05 bits per heavy atom. The molecule has 3 aliphatic rings. The molecule has 1 aliphatic heterocycles. The van der Waals surface area contributed by atoms with Crippen LogP contribution in [0.3, 0.4) is 0 Å². The van der Waals surface area contributed by atoms with Crippen molar-refractivity contribution in [3.63, 3.8) is 0 Å². The Kier molecular flexibility index (Phi) is 3.08. The normalized spacial score (nSPS) is 33.9. The maximum Gasteiger partial charge on any atom is 0.248 e. The molecule has 0 aromatic heterocycles. The van der Waals surface area contributed by atoms with Crippen LogP contribution >= 0.6 is 11.8 Å². The van der Waals surface area contributed by atoms with Gasteiger partial charge in [0.25, 0.3) is 0 Å². The minimum atomic E-state index is -0.640. The smallest absolute Gasteiger partial charge is 0.248 e. The van der Waals surface area contributed by atoms with E-state index in [4.69, 9.17) is 0 Å². The molecule has 0 radical (unpaired) electrons. The summed E-state index contributed by atoms with van der Waals surface area (Å²) in [6.07, 6.45) is 7.82. The number of hydrogen-bond acceptors (Lipinski definition) is 3. The molecule has 1 unspecified atom stereocenters. The lowest BCUT2D eigenvalue weighted by atomic mass is 9.82. The first-order valence-corrected chi connectivity index (χ1v) is 8.37. The molecular weight excluding hydrogens is 260 g/mol. The highest BCUT2D eigenvalue weighted by atomic mass is 32.2. The lowest BCUT2D eigenvalue weighted by Crippen LogP contribution is -2.68. The van der Waals surface area contributed by atoms with Crippen LogP contribution in [0.5, 0.6) is 0 Å². The summed E-state index contributed by atoms with van der Waals surface area (Å²) in [5, 5.41) is 2.94. The molecular formula is C14H22N2O2S. The van der Waals surface area contributed by atoms with Crippen LogP contribution in [0.1, 0.15) is 39.0 Å². The largest absolute Gasteiger partial charge is 0.340 e. The summed E-state index contributed by atoms with van der Waals surface area (Å²) in [5.41, 5.74) is -0.640. The number of carbonyl (C=O) groups is 2. The molecule has 1 heterocycles. The molecule has 19 heavy (non-hydrogen) atoms. The van der Waals surface area contributed by atoms with Gasteiger partial charge in [0.1, 0.15) is 5.54 Å². The molecule has 3 rings (SSSR count). The van der Waals surface area contributed by atoms with E-state index in [0.717, 1.165) is 19.4 Å². The molecule has 0 aromatic rings. The Balaban J connectivity index is 1.77. The molecule has 106 valence electrons. The van der Waals surface area contributed by atoms with Gasteiger partial charge >= 0.3 is 0 Å². The number of rotatable bonds is 4. The number of amides is 2. The van der Waals surface area contributed by atoms with Crippen molar-refractivity contribution in [1.29, 1.82) is 0 Å². The lowest BCUT2D eigenvalue weighted by molar-refractivity contribution is -0.150. The third kappa shape index (κ3) is 2.16. The van der Waals surface area contributed by atoms with Crippen LogP contribution < -0.4 is 5.32 Å². The van der Waals surface area contributed by atoms with E-state index in [2.05, 4.69) is 11.6 Å². The Morgan fingerprint density at radius 3 is 2.53 bits per heavy atom. The predicted octanol–water partition coefficient (Wildman–Crippen LogP) is 1.40. The first-order chi connectivity index (χ1) is 8.99. The fourth-order valence-electron chi connectivity index (χ4n) is 3.37. The third-order valence-corrected chi connectivity index (χ3v) is 6.44. The number of thioether (sulfide) groups is 1. The summed E-state index contributed by atoms with van der Waals surface area (Å²) >= 11 is 1.85. The summed E-state index contributed by atoms with van der Waals surface area (Å²) in [4.78, 5) is 26.5. The number of nitrogens with zero attached hydrogens (tertiary/aromatic N) is 1. The zero-order valence-corrected chi connectivity index (χ0v) is 12.5. The Labute approximate surface area is 118 Å². The number of hydrogen-bond donors (Lipinski definition) is 1. The summed E-state index contributed by atoms with van der Waals surface area (Å²) in [6.45, 7) is 2.88. The lowest BCUT2D eigenvalue weighted by Gasteiger charge is -2.47. The minimum absolute atomic E-state index is 0.00424. The van der Waals surface area contributed by atoms with Gasteiger partial charge < -0.3 is 10.2 Å². The van der Waals surface area contributed by atoms with Gasteiger partial charge in [-0.15, -0.1) is 0 Å². The summed E-state index contributed by atoms with van der Waals surface area (Å²) in [7, 11) is 0. The molecule has 2 aliphatic carbocycles. The van der Waals surface area contributed by atoms with Crippen LogP contribution in [0.4, 0.5) is 0 Å². The van der Waals surface area contributed by atoms with E-state index < -0.39 is 5.54 Å². The highest BCUT2D eigenvalue weighted by Crippen LogP contribution is 2.45. The summed E-state index contributed by atoms with van der Waals surface area (Å²) < 4.78 is 0.206. The van der Waals surface area contributed by atoms with Crippen LogP contribution in [0, 0.1) is 5.92 Å². The van der Waals surface area contributed by atoms with Gasteiger partial charge in [0, 0.05) is 11.3 Å². The Hall–Kier alpha value is -0.710. The second-order valence-electron chi connectivity index (χ2n) is 6.43. The van der Waals surface area contributed by atoms with Crippen LogP contribution in [-0.2, 0) is 9.59 Å². The van der Waals surface area contributed by atoms with Gasteiger partial charge in [-0.05, 0) is 44.8 Å². The van der Waals surface area contributed by atoms with Gasteiger partial charge in [0.2, 0.25) is 11.8 Å². The van der Waals surface area contributed by atoms with E-state index in [1.54, 1.807) is 0 Å². The van der Waals surface area contributed by atoms with E-state index in [0.29, 0.717) is 5.92 Å². The van der Waals surface area contributed by atoms with Gasteiger partial charge in [-0.25, -0.2) is 0 Å². The first kappa shape index (κ1) is 13.3. The molecule has 5 heteroatoms. The van der Waals surface area contributed by atoms with E-state index in [-0.39, 0.29) is 23.1 Å². The average Bonchev–Trinajstić information content (AvgIpc) is 3.14. The SMILES string of the molecule is CSC1(CN2CC(=O)NC(C)(C3CC3)C2=O)CCC1. The highest BCUT2D eigenvalue weighted by Gasteiger charge is 2.53. The Bertz CT molecular complexity index is 412. The zero-order valence-electron chi connectivity index (χ0n) is 11.7. The first-order valence-electron chi connectivity index (χ1n) is 7.15. The summed E-state index contributed by atoms with van der Waals surface area (Å²) in [5.74, 6) is 0.484. The van der Waals surface area contributed by atoms with E-state index >= 15 is 0 Å². The van der Waals surface area contributed by atoms with Gasteiger partial charge in [-0.3, -0.25) is 9.59 Å². The molecule has 0 bridgehead atoms. The quantitative estimate of drug-likeness (QED) is 0.848. The van der Waals surface area contributed by atoms with E-state index in [9.17, 15) is 9.59 Å². The average molecular weight is 282 g/mol. The molecule has 2 amide bonds. The molecule has 0 aromatic carbocycles. The van der Waals surface area contributed by atoms with Crippen LogP contribution in [0.2, 0.25) is 0 Å². The topological polar surface area (TPSA) is 49.4 Å². The summed E-state index contributed by atoms with van der Waals surface area (Å²) in [6, 6.07) is 0. The number of piperazine rings is 1. The van der Waals surface area contributed by atoms with Crippen LogP contribution in [0.25, 0.3) is 0 Å². The van der Waals surface area contributed by atoms with Crippen molar-refractivity contribution in [3.8, 4) is 0 Å². The predicted molar refractivity (Wildman–Crippen MR) is 75.9 cm³/mol. The van der Waals surface area contributed by atoms with Crippen molar-refractivity contribution in [2.75, 3.05) is 19.3 Å². The second-order valence-corrected chi connectivity index (χ2v) is 7.70. The van der Waals surface area contributed by atoms with E-state index in [1.165, 1.54) is 19.3 Å². The molecule has 2 saturated carbocycles. The molecule has 1 saturated heterocycles. The van der Waals surface area contributed by atoms with Crippen molar-refractivity contribution in [2.45, 2.75) is 49.3 Å². The van der Waals surface area contributed by atoms with Gasteiger partial charge in [0.05, 0.1) is 6.54 Å². The van der Waals surface area contributed by atoms with Gasteiger partial charge in [0.15, 0.2) is 0 Å². The second kappa shape index (κ2) is 4.40. The fraction of sp³-hybridized carbons (Fsp3) is 0.857. The van der Waals surface area contributed by atoms with Gasteiger partial charge in [-0.1, -0.05) is 6.42 Å². The van der Waals surface area contributed by atoms with E-state index in [1.807, 2.05) is 23.6 Å². The monoisotopic (exact) mass is 282 g/mol. The van der Waals surface area contributed by atoms with Gasteiger partial charge in [-0.2, -0.15) is 11.8 Å². The van der Waals surface area contributed by atoms with Crippen molar-refractivity contribution < 1.29 is 9.59 Å². The van der Waals surface area contributed by atoms with Crippen LogP contribution in [-0.4, -0.2) is 46.3 Å². The van der Waals surface area contributed by atoms with Crippen molar-refractivity contribution in [3.05, 3.63) is 0 Å². The number of carbonyl (C=O) groups excluding carboxylic acids is 2. The maximum atomic E-state index is 12.7. The van der Waals surface area contributed by atoms with Crippen molar-refractivity contribution in [1.82, 2.24) is 10.2 Å². The fourth-order valence-corrected chi connectivity index (χ4v) is 4.35. The van der Waals surface area contributed by atoms with Crippen LogP contribution in [0.15, 0.2) is 0 Å².